The maximum atomic E-state index is 14.0. The van der Waals surface area contributed by atoms with Gasteiger partial charge in [-0.25, -0.2) is 0 Å². The summed E-state index contributed by atoms with van der Waals surface area (Å²) in [4.78, 5) is 14.0. The van der Waals surface area contributed by atoms with Gasteiger partial charge in [0.15, 0.2) is 5.78 Å². The van der Waals surface area contributed by atoms with Crippen molar-refractivity contribution >= 4 is 63.7 Å². The fourth-order valence-electron chi connectivity index (χ4n) is 3.68. The minimum atomic E-state index is -4.80. The van der Waals surface area contributed by atoms with Crippen molar-refractivity contribution in [1.29, 1.82) is 0 Å². The maximum absolute atomic E-state index is 14.0. The molecule has 9 heteroatoms. The number of hydrogen-bond donors (Lipinski definition) is 0. The molecule has 0 aromatic heterocycles. The van der Waals surface area contributed by atoms with Crippen molar-refractivity contribution in [2.45, 2.75) is 17.4 Å². The SMILES string of the molecule is O=C(C(=C(c1ccc(Cl)cc1)c1ccc(Cl)cc1)c1ccc(OC(F)(F)F)cc1)C1SCCCS1. The minimum Gasteiger partial charge on any atom is -0.406 e. The predicted molar refractivity (Wildman–Crippen MR) is 140 cm³/mol. The lowest BCUT2D eigenvalue weighted by Crippen LogP contribution is -2.21. The monoisotopic (exact) mass is 554 g/mol. The molecule has 3 aromatic carbocycles. The third-order valence-electron chi connectivity index (χ3n) is 5.18. The van der Waals surface area contributed by atoms with Crippen LogP contribution in [-0.2, 0) is 4.79 Å². The summed E-state index contributed by atoms with van der Waals surface area (Å²) in [6.07, 6.45) is -3.79. The molecule has 3 aromatic rings. The molecule has 0 spiro atoms. The molecule has 1 saturated heterocycles. The van der Waals surface area contributed by atoms with Crippen LogP contribution >= 0.6 is 46.7 Å². The highest BCUT2D eigenvalue weighted by atomic mass is 35.5. The molecule has 4 rings (SSSR count). The molecule has 0 unspecified atom stereocenters. The van der Waals surface area contributed by atoms with Crippen LogP contribution in [0.2, 0.25) is 10.0 Å². The van der Waals surface area contributed by atoms with Gasteiger partial charge in [-0.2, -0.15) is 0 Å². The molecule has 35 heavy (non-hydrogen) atoms. The van der Waals surface area contributed by atoms with Crippen molar-refractivity contribution in [3.8, 4) is 5.75 Å². The van der Waals surface area contributed by atoms with Crippen LogP contribution in [-0.4, -0.2) is 28.2 Å². The summed E-state index contributed by atoms with van der Waals surface area (Å²) >= 11 is 15.4. The largest absolute Gasteiger partial charge is 0.573 e. The number of thioether (sulfide) groups is 2. The van der Waals surface area contributed by atoms with Gasteiger partial charge in [-0.15, -0.1) is 36.7 Å². The Morgan fingerprint density at radius 1 is 0.771 bits per heavy atom. The Balaban J connectivity index is 1.92. The molecule has 0 amide bonds. The van der Waals surface area contributed by atoms with Gasteiger partial charge in [-0.1, -0.05) is 59.6 Å². The van der Waals surface area contributed by atoms with E-state index in [-0.39, 0.29) is 16.1 Å². The number of rotatable bonds is 6. The molecule has 0 bridgehead atoms. The number of benzene rings is 3. The lowest BCUT2D eigenvalue weighted by molar-refractivity contribution is -0.274. The molecule has 0 saturated carbocycles. The fourth-order valence-corrected chi connectivity index (χ4v) is 6.66. The van der Waals surface area contributed by atoms with Crippen LogP contribution in [0.1, 0.15) is 23.1 Å². The number of ether oxygens (including phenoxy) is 1. The Labute approximate surface area is 219 Å². The summed E-state index contributed by atoms with van der Waals surface area (Å²) in [5, 5.41) is 1.09. The normalized spacial score (nSPS) is 14.4. The number of Topliss-reactive ketones (excluding diaryl/α,β-unsaturated/α-hetero) is 1. The van der Waals surface area contributed by atoms with E-state index in [0.29, 0.717) is 26.8 Å². The number of carbonyl (C=O) groups is 1. The van der Waals surface area contributed by atoms with Crippen LogP contribution in [0, 0.1) is 0 Å². The van der Waals surface area contributed by atoms with Gasteiger partial charge in [0.05, 0.1) is 0 Å². The fraction of sp³-hybridized carbons (Fsp3) is 0.192. The van der Waals surface area contributed by atoms with Gasteiger partial charge >= 0.3 is 6.36 Å². The van der Waals surface area contributed by atoms with Gasteiger partial charge in [0.1, 0.15) is 10.3 Å². The Bertz CT molecular complexity index is 1160. The minimum absolute atomic E-state index is 0.0934. The summed E-state index contributed by atoms with van der Waals surface area (Å²) < 4.78 is 41.8. The van der Waals surface area contributed by atoms with E-state index < -0.39 is 6.36 Å². The van der Waals surface area contributed by atoms with E-state index in [1.807, 2.05) is 24.3 Å². The number of halogens is 5. The van der Waals surface area contributed by atoms with E-state index in [9.17, 15) is 18.0 Å². The first-order valence-corrected chi connectivity index (χ1v) is 13.5. The highest BCUT2D eigenvalue weighted by Gasteiger charge is 2.32. The molecule has 1 fully saturated rings. The van der Waals surface area contributed by atoms with Crippen LogP contribution < -0.4 is 4.74 Å². The predicted octanol–water partition coefficient (Wildman–Crippen LogP) is 8.62. The van der Waals surface area contributed by atoms with E-state index in [4.69, 9.17) is 23.2 Å². The second-order valence-corrected chi connectivity index (χ2v) is 11.2. The summed E-state index contributed by atoms with van der Waals surface area (Å²) in [6.45, 7) is 0. The lowest BCUT2D eigenvalue weighted by atomic mass is 9.87. The molecule has 0 radical (unpaired) electrons. The molecule has 1 aliphatic heterocycles. The van der Waals surface area contributed by atoms with Gasteiger partial charge in [-0.05, 0) is 71.0 Å². The zero-order chi connectivity index (χ0) is 25.0. The number of hydrogen-bond acceptors (Lipinski definition) is 4. The summed E-state index contributed by atoms with van der Waals surface area (Å²) in [6, 6.07) is 19.6. The van der Waals surface area contributed by atoms with Gasteiger partial charge in [-0.3, -0.25) is 4.79 Å². The van der Waals surface area contributed by atoms with Crippen LogP contribution in [0.4, 0.5) is 13.2 Å². The van der Waals surface area contributed by atoms with Gasteiger partial charge in [0, 0.05) is 21.2 Å². The van der Waals surface area contributed by atoms with E-state index >= 15 is 0 Å². The molecule has 1 heterocycles. The Morgan fingerprint density at radius 2 is 1.23 bits per heavy atom. The average Bonchev–Trinajstić information content (AvgIpc) is 2.84. The molecule has 1 aliphatic rings. The number of carbonyl (C=O) groups excluding carboxylic acids is 1. The number of ketones is 1. The summed E-state index contributed by atoms with van der Waals surface area (Å²) in [7, 11) is 0. The van der Waals surface area contributed by atoms with E-state index in [0.717, 1.165) is 29.1 Å². The second-order valence-electron chi connectivity index (χ2n) is 7.63. The first-order valence-electron chi connectivity index (χ1n) is 10.6. The van der Waals surface area contributed by atoms with Crippen molar-refractivity contribution in [2.75, 3.05) is 11.5 Å². The quantitative estimate of drug-likeness (QED) is 0.225. The van der Waals surface area contributed by atoms with Crippen molar-refractivity contribution < 1.29 is 22.7 Å². The van der Waals surface area contributed by atoms with Crippen molar-refractivity contribution in [3.63, 3.8) is 0 Å². The molecular weight excluding hydrogens is 536 g/mol. The van der Waals surface area contributed by atoms with Crippen molar-refractivity contribution in [1.82, 2.24) is 0 Å². The summed E-state index contributed by atoms with van der Waals surface area (Å²) in [5.41, 5.74) is 3.07. The maximum Gasteiger partial charge on any atom is 0.573 e. The topological polar surface area (TPSA) is 26.3 Å². The third-order valence-corrected chi connectivity index (χ3v) is 8.58. The number of alkyl halides is 3. The first kappa shape index (κ1) is 26.0. The molecule has 0 N–H and O–H groups in total. The van der Waals surface area contributed by atoms with E-state index in [1.165, 1.54) is 24.3 Å². The second kappa shape index (κ2) is 11.3. The van der Waals surface area contributed by atoms with Gasteiger partial charge < -0.3 is 4.74 Å². The van der Waals surface area contributed by atoms with Crippen LogP contribution in [0.5, 0.6) is 5.75 Å². The molecule has 0 atom stereocenters. The zero-order valence-electron chi connectivity index (χ0n) is 18.1. The highest BCUT2D eigenvalue weighted by Crippen LogP contribution is 2.40. The smallest absolute Gasteiger partial charge is 0.406 e. The number of allylic oxidation sites excluding steroid dienone is 1. The molecule has 182 valence electrons. The Hall–Kier alpha value is -2.06. The average molecular weight is 555 g/mol. The van der Waals surface area contributed by atoms with Crippen LogP contribution in [0.25, 0.3) is 11.1 Å². The van der Waals surface area contributed by atoms with Gasteiger partial charge in [0.2, 0.25) is 0 Å². The highest BCUT2D eigenvalue weighted by molar-refractivity contribution is 8.18. The molecular formula is C26H19Cl2F3O2S2. The lowest BCUT2D eigenvalue weighted by Gasteiger charge is -2.24. The summed E-state index contributed by atoms with van der Waals surface area (Å²) in [5.74, 6) is 1.29. The first-order chi connectivity index (χ1) is 16.7. The van der Waals surface area contributed by atoms with Crippen molar-refractivity contribution in [3.05, 3.63) is 99.5 Å². The Morgan fingerprint density at radius 3 is 1.69 bits per heavy atom. The Kier molecular flexibility index (Phi) is 8.42. The molecule has 2 nitrogen and oxygen atoms in total. The standard InChI is InChI=1S/C26H19Cl2F3O2S2/c27-19-8-2-16(3-9-19)22(17-4-10-20(28)11-5-17)23(24(32)25-34-14-1-15-35-25)18-6-12-21(13-7-18)33-26(29,30)31/h2-13,25H,1,14-15H2. The van der Waals surface area contributed by atoms with Crippen LogP contribution in [0.3, 0.4) is 0 Å². The van der Waals surface area contributed by atoms with Gasteiger partial charge in [0.25, 0.3) is 0 Å². The van der Waals surface area contributed by atoms with E-state index in [2.05, 4.69) is 4.74 Å². The third kappa shape index (κ3) is 6.79. The van der Waals surface area contributed by atoms with Crippen LogP contribution in [0.15, 0.2) is 72.8 Å². The van der Waals surface area contributed by atoms with E-state index in [1.54, 1.807) is 47.8 Å². The molecule has 0 aliphatic carbocycles. The van der Waals surface area contributed by atoms with Crippen molar-refractivity contribution in [2.24, 2.45) is 0 Å². The zero-order valence-corrected chi connectivity index (χ0v) is 21.3.